The zero-order chi connectivity index (χ0) is 14.7. The van der Waals surface area contributed by atoms with Crippen molar-refractivity contribution in [1.82, 2.24) is 10.3 Å². The second-order valence-corrected chi connectivity index (χ2v) is 6.38. The number of nitrogens with zero attached hydrogens (tertiary/aromatic N) is 1. The summed E-state index contributed by atoms with van der Waals surface area (Å²) in [7, 11) is 0. The highest BCUT2D eigenvalue weighted by Gasteiger charge is 2.21. The van der Waals surface area contributed by atoms with E-state index in [4.69, 9.17) is 0 Å². The second kappa shape index (κ2) is 6.43. The van der Waals surface area contributed by atoms with Crippen LogP contribution in [0.4, 0.5) is 4.39 Å². The number of rotatable bonds is 3. The molecule has 1 aliphatic rings. The van der Waals surface area contributed by atoms with Gasteiger partial charge in [0.15, 0.2) is 0 Å². The van der Waals surface area contributed by atoms with Gasteiger partial charge in [0.05, 0.1) is 10.8 Å². The molecule has 0 bridgehead atoms. The molecule has 3 rings (SSSR count). The molecule has 21 heavy (non-hydrogen) atoms. The van der Waals surface area contributed by atoms with Crippen molar-refractivity contribution in [2.45, 2.75) is 30.3 Å². The highest BCUT2D eigenvalue weighted by molar-refractivity contribution is 7.99. The number of carbonyl (C=O) groups is 1. The lowest BCUT2D eigenvalue weighted by Crippen LogP contribution is -2.30. The quantitative estimate of drug-likeness (QED) is 0.946. The van der Waals surface area contributed by atoms with Gasteiger partial charge >= 0.3 is 0 Å². The van der Waals surface area contributed by atoms with Crippen LogP contribution in [0.15, 0.2) is 30.5 Å². The monoisotopic (exact) mass is 304 g/mol. The SMILES string of the molecule is O=C1NCCCC[C@@H]1SCc1ccc(F)c2cccnc12. The number of nitrogens with one attached hydrogen (secondary N) is 1. The number of amides is 1. The first-order valence-electron chi connectivity index (χ1n) is 7.17. The molecule has 0 aliphatic carbocycles. The Bertz CT molecular complexity index is 662. The summed E-state index contributed by atoms with van der Waals surface area (Å²) < 4.78 is 13.8. The predicted octanol–water partition coefficient (Wildman–Crippen LogP) is 3.28. The number of thioether (sulfide) groups is 1. The van der Waals surface area contributed by atoms with E-state index >= 15 is 0 Å². The molecule has 0 radical (unpaired) electrons. The minimum Gasteiger partial charge on any atom is -0.355 e. The van der Waals surface area contributed by atoms with E-state index in [0.717, 1.165) is 31.4 Å². The molecule has 0 spiro atoms. The van der Waals surface area contributed by atoms with E-state index in [2.05, 4.69) is 10.3 Å². The highest BCUT2D eigenvalue weighted by Crippen LogP contribution is 2.28. The molecule has 3 nitrogen and oxygen atoms in total. The van der Waals surface area contributed by atoms with Crippen molar-refractivity contribution in [2.75, 3.05) is 6.54 Å². The van der Waals surface area contributed by atoms with Gasteiger partial charge in [0, 0.05) is 23.9 Å². The standard InChI is InChI=1S/C16H17FN2OS/c17-13-7-6-11(15-12(13)4-3-9-18-15)10-21-14-5-1-2-8-19-16(14)20/h3-4,6-7,9,14H,1-2,5,8,10H2,(H,19,20)/t14-/m0/s1. The summed E-state index contributed by atoms with van der Waals surface area (Å²) in [5.74, 6) is 0.544. The number of carbonyl (C=O) groups excluding carboxylic acids is 1. The van der Waals surface area contributed by atoms with E-state index in [0.29, 0.717) is 16.7 Å². The predicted molar refractivity (Wildman–Crippen MR) is 83.6 cm³/mol. The number of fused-ring (bicyclic) bond motifs is 1. The summed E-state index contributed by atoms with van der Waals surface area (Å²) in [6.07, 6.45) is 4.69. The van der Waals surface area contributed by atoms with Crippen LogP contribution in [0.25, 0.3) is 10.9 Å². The molecule has 0 unspecified atom stereocenters. The summed E-state index contributed by atoms with van der Waals surface area (Å²) in [6.45, 7) is 0.775. The van der Waals surface area contributed by atoms with E-state index < -0.39 is 0 Å². The Hall–Kier alpha value is -1.62. The number of halogens is 1. The average Bonchev–Trinajstić information content (AvgIpc) is 2.72. The zero-order valence-corrected chi connectivity index (χ0v) is 12.5. The van der Waals surface area contributed by atoms with Gasteiger partial charge in [-0.1, -0.05) is 12.5 Å². The average molecular weight is 304 g/mol. The van der Waals surface area contributed by atoms with Crippen LogP contribution in [-0.2, 0) is 10.5 Å². The molecule has 110 valence electrons. The van der Waals surface area contributed by atoms with E-state index in [-0.39, 0.29) is 17.0 Å². The summed E-state index contributed by atoms with van der Waals surface area (Å²) in [4.78, 5) is 16.2. The number of pyridine rings is 1. The molecule has 0 saturated carbocycles. The largest absolute Gasteiger partial charge is 0.355 e. The van der Waals surface area contributed by atoms with Crippen molar-refractivity contribution in [2.24, 2.45) is 0 Å². The van der Waals surface area contributed by atoms with Crippen LogP contribution in [0, 0.1) is 5.82 Å². The Kier molecular flexibility index (Phi) is 4.39. The first-order chi connectivity index (χ1) is 10.3. The third-order valence-electron chi connectivity index (χ3n) is 3.72. The minimum atomic E-state index is -0.251. The Balaban J connectivity index is 1.79. The second-order valence-electron chi connectivity index (χ2n) is 5.19. The van der Waals surface area contributed by atoms with Crippen molar-refractivity contribution in [3.05, 3.63) is 41.8 Å². The lowest BCUT2D eigenvalue weighted by atomic mass is 10.1. The summed E-state index contributed by atoms with van der Waals surface area (Å²) in [6, 6.07) is 6.73. The van der Waals surface area contributed by atoms with Crippen LogP contribution < -0.4 is 5.32 Å². The van der Waals surface area contributed by atoms with Crippen molar-refractivity contribution in [3.63, 3.8) is 0 Å². The molecule has 2 heterocycles. The smallest absolute Gasteiger partial charge is 0.233 e. The summed E-state index contributed by atoms with van der Waals surface area (Å²) in [5, 5.41) is 3.47. The molecule has 1 atom stereocenters. The topological polar surface area (TPSA) is 42.0 Å². The van der Waals surface area contributed by atoms with Gasteiger partial charge in [-0.25, -0.2) is 4.39 Å². The van der Waals surface area contributed by atoms with E-state index in [1.807, 2.05) is 0 Å². The van der Waals surface area contributed by atoms with Gasteiger partial charge in [-0.3, -0.25) is 9.78 Å². The van der Waals surface area contributed by atoms with Crippen LogP contribution in [-0.4, -0.2) is 22.7 Å². The summed E-state index contributed by atoms with van der Waals surface area (Å²) in [5.41, 5.74) is 1.67. The van der Waals surface area contributed by atoms with Gasteiger partial charge in [0.25, 0.3) is 0 Å². The lowest BCUT2D eigenvalue weighted by Gasteiger charge is -2.13. The molecule has 1 aliphatic heterocycles. The fraction of sp³-hybridized carbons (Fsp3) is 0.375. The van der Waals surface area contributed by atoms with Gasteiger partial charge in [0.2, 0.25) is 5.91 Å². The Morgan fingerprint density at radius 2 is 2.24 bits per heavy atom. The Morgan fingerprint density at radius 3 is 3.14 bits per heavy atom. The maximum Gasteiger partial charge on any atom is 0.233 e. The maximum absolute atomic E-state index is 13.8. The molecule has 1 fully saturated rings. The number of hydrogen-bond acceptors (Lipinski definition) is 3. The third kappa shape index (κ3) is 3.18. The normalized spacial score (nSPS) is 19.3. The van der Waals surface area contributed by atoms with Crippen LogP contribution in [0.5, 0.6) is 0 Å². The zero-order valence-electron chi connectivity index (χ0n) is 11.6. The Morgan fingerprint density at radius 1 is 1.33 bits per heavy atom. The number of benzene rings is 1. The Labute approximate surface area is 127 Å². The van der Waals surface area contributed by atoms with Gasteiger partial charge in [-0.05, 0) is 36.6 Å². The highest BCUT2D eigenvalue weighted by atomic mass is 32.2. The van der Waals surface area contributed by atoms with Crippen molar-refractivity contribution >= 4 is 28.6 Å². The minimum absolute atomic E-state index is 0.0173. The van der Waals surface area contributed by atoms with Crippen molar-refractivity contribution in [3.8, 4) is 0 Å². The molecule has 1 aromatic heterocycles. The third-order valence-corrected chi connectivity index (χ3v) is 5.05. The van der Waals surface area contributed by atoms with Crippen LogP contribution in [0.2, 0.25) is 0 Å². The molecule has 1 aromatic carbocycles. The van der Waals surface area contributed by atoms with E-state index in [9.17, 15) is 9.18 Å². The fourth-order valence-electron chi connectivity index (χ4n) is 2.57. The van der Waals surface area contributed by atoms with E-state index in [1.165, 1.54) is 6.07 Å². The first kappa shape index (κ1) is 14.3. The first-order valence-corrected chi connectivity index (χ1v) is 8.22. The number of hydrogen-bond donors (Lipinski definition) is 1. The molecular formula is C16H17FN2OS. The van der Waals surface area contributed by atoms with Gasteiger partial charge in [-0.15, -0.1) is 11.8 Å². The molecule has 5 heteroatoms. The lowest BCUT2D eigenvalue weighted by molar-refractivity contribution is -0.120. The van der Waals surface area contributed by atoms with Gasteiger partial charge in [0.1, 0.15) is 5.82 Å². The van der Waals surface area contributed by atoms with Crippen LogP contribution in [0.3, 0.4) is 0 Å². The molecule has 1 N–H and O–H groups in total. The maximum atomic E-state index is 13.8. The van der Waals surface area contributed by atoms with Gasteiger partial charge in [-0.2, -0.15) is 0 Å². The van der Waals surface area contributed by atoms with Gasteiger partial charge < -0.3 is 5.32 Å². The molecule has 1 saturated heterocycles. The molecular weight excluding hydrogens is 287 g/mol. The van der Waals surface area contributed by atoms with Crippen molar-refractivity contribution < 1.29 is 9.18 Å². The molecule has 1 amide bonds. The van der Waals surface area contributed by atoms with Crippen LogP contribution in [0.1, 0.15) is 24.8 Å². The number of aromatic nitrogens is 1. The van der Waals surface area contributed by atoms with Crippen LogP contribution >= 0.6 is 11.8 Å². The summed E-state index contributed by atoms with van der Waals surface area (Å²) >= 11 is 1.62. The van der Waals surface area contributed by atoms with Crippen molar-refractivity contribution in [1.29, 1.82) is 0 Å². The fourth-order valence-corrected chi connectivity index (χ4v) is 3.76. The van der Waals surface area contributed by atoms with E-state index in [1.54, 1.807) is 36.2 Å². The molecule has 2 aromatic rings.